The maximum atomic E-state index is 12.2. The number of hydrogen-bond donors (Lipinski definition) is 2. The summed E-state index contributed by atoms with van der Waals surface area (Å²) >= 11 is 12.0. The fourth-order valence-corrected chi connectivity index (χ4v) is 2.35. The average Bonchev–Trinajstić information content (AvgIpc) is 2.56. The summed E-state index contributed by atoms with van der Waals surface area (Å²) in [6, 6.07) is 14.4. The minimum Gasteiger partial charge on any atom is -0.386 e. The van der Waals surface area contributed by atoms with Crippen molar-refractivity contribution in [3.63, 3.8) is 0 Å². The van der Waals surface area contributed by atoms with Crippen LogP contribution in [0, 0.1) is 18.3 Å². The van der Waals surface area contributed by atoms with Crippen molar-refractivity contribution in [2.24, 2.45) is 0 Å². The molecule has 0 bridgehead atoms. The summed E-state index contributed by atoms with van der Waals surface area (Å²) in [5.74, 6) is -0.505. The van der Waals surface area contributed by atoms with E-state index < -0.39 is 5.91 Å². The minimum atomic E-state index is -0.505. The number of halogens is 2. The van der Waals surface area contributed by atoms with Gasteiger partial charge in [-0.15, -0.1) is 0 Å². The number of nitrogens with one attached hydrogen (secondary N) is 2. The molecule has 0 spiro atoms. The predicted molar refractivity (Wildman–Crippen MR) is 96.8 cm³/mol. The van der Waals surface area contributed by atoms with Gasteiger partial charge in [-0.2, -0.15) is 5.26 Å². The largest absolute Gasteiger partial charge is 0.386 e. The zero-order chi connectivity index (χ0) is 17.5. The van der Waals surface area contributed by atoms with Gasteiger partial charge in [-0.3, -0.25) is 4.79 Å². The van der Waals surface area contributed by atoms with Gasteiger partial charge in [0, 0.05) is 28.5 Å². The van der Waals surface area contributed by atoms with Gasteiger partial charge < -0.3 is 10.6 Å². The summed E-state index contributed by atoms with van der Waals surface area (Å²) in [7, 11) is 0. The van der Waals surface area contributed by atoms with Crippen molar-refractivity contribution in [2.45, 2.75) is 13.5 Å². The number of carbonyl (C=O) groups excluding carboxylic acids is 1. The van der Waals surface area contributed by atoms with E-state index in [2.05, 4.69) is 10.6 Å². The Morgan fingerprint density at radius 1 is 1.25 bits per heavy atom. The molecule has 0 fully saturated rings. The molecule has 6 heteroatoms. The third-order valence-corrected chi connectivity index (χ3v) is 3.91. The van der Waals surface area contributed by atoms with Gasteiger partial charge in [-0.25, -0.2) is 0 Å². The number of carbonyl (C=O) groups is 1. The van der Waals surface area contributed by atoms with Crippen LogP contribution in [0.3, 0.4) is 0 Å². The van der Waals surface area contributed by atoms with Crippen LogP contribution < -0.4 is 10.6 Å². The quantitative estimate of drug-likeness (QED) is 0.612. The number of amides is 1. The van der Waals surface area contributed by atoms with Crippen LogP contribution in [-0.2, 0) is 11.3 Å². The lowest BCUT2D eigenvalue weighted by Gasteiger charge is -2.09. The van der Waals surface area contributed by atoms with Crippen LogP contribution in [0.15, 0.2) is 54.2 Å². The summed E-state index contributed by atoms with van der Waals surface area (Å²) in [4.78, 5) is 12.2. The Kier molecular flexibility index (Phi) is 6.25. The van der Waals surface area contributed by atoms with Crippen LogP contribution in [0.4, 0.5) is 5.69 Å². The first-order valence-corrected chi connectivity index (χ1v) is 7.91. The molecule has 0 radical (unpaired) electrons. The van der Waals surface area contributed by atoms with Crippen molar-refractivity contribution in [3.05, 3.63) is 75.4 Å². The van der Waals surface area contributed by atoms with Crippen molar-refractivity contribution in [1.82, 2.24) is 5.32 Å². The van der Waals surface area contributed by atoms with Crippen molar-refractivity contribution in [3.8, 4) is 6.07 Å². The molecule has 2 aromatic rings. The topological polar surface area (TPSA) is 64.9 Å². The van der Waals surface area contributed by atoms with Crippen LogP contribution in [0.25, 0.3) is 0 Å². The van der Waals surface area contributed by atoms with Gasteiger partial charge in [0.25, 0.3) is 5.91 Å². The Hall–Kier alpha value is -2.48. The van der Waals surface area contributed by atoms with Crippen molar-refractivity contribution in [1.29, 1.82) is 5.26 Å². The van der Waals surface area contributed by atoms with Crippen molar-refractivity contribution < 1.29 is 4.79 Å². The number of aryl methyl sites for hydroxylation is 1. The highest BCUT2D eigenvalue weighted by Crippen LogP contribution is 2.20. The third-order valence-electron chi connectivity index (χ3n) is 3.31. The highest BCUT2D eigenvalue weighted by Gasteiger charge is 2.11. The Morgan fingerprint density at radius 2 is 2.00 bits per heavy atom. The maximum absolute atomic E-state index is 12.2. The van der Waals surface area contributed by atoms with Gasteiger partial charge >= 0.3 is 0 Å². The van der Waals surface area contributed by atoms with E-state index in [9.17, 15) is 10.1 Å². The second-order valence-corrected chi connectivity index (χ2v) is 5.90. The molecule has 4 nitrogen and oxygen atoms in total. The molecule has 0 saturated heterocycles. The fraction of sp³-hybridized carbons (Fsp3) is 0.111. The smallest absolute Gasteiger partial charge is 0.267 e. The molecule has 122 valence electrons. The van der Waals surface area contributed by atoms with Crippen LogP contribution in [0.1, 0.15) is 11.1 Å². The average molecular weight is 360 g/mol. The van der Waals surface area contributed by atoms with Gasteiger partial charge in [-0.05, 0) is 36.2 Å². The third kappa shape index (κ3) is 4.76. The van der Waals surface area contributed by atoms with E-state index in [1.54, 1.807) is 24.3 Å². The Labute approximate surface area is 150 Å². The summed E-state index contributed by atoms with van der Waals surface area (Å²) < 4.78 is 0. The highest BCUT2D eigenvalue weighted by atomic mass is 35.5. The molecule has 0 heterocycles. The maximum Gasteiger partial charge on any atom is 0.267 e. The molecule has 0 aromatic heterocycles. The lowest BCUT2D eigenvalue weighted by Crippen LogP contribution is -2.17. The normalized spacial score (nSPS) is 10.8. The summed E-state index contributed by atoms with van der Waals surface area (Å²) in [6.45, 7) is 2.26. The molecule has 0 unspecified atom stereocenters. The van der Waals surface area contributed by atoms with E-state index in [4.69, 9.17) is 23.2 Å². The van der Waals surface area contributed by atoms with E-state index in [1.807, 2.05) is 31.2 Å². The molecule has 1 amide bonds. The first-order chi connectivity index (χ1) is 11.5. The molecular formula is C18H15Cl2N3O. The molecular weight excluding hydrogens is 345 g/mol. The first kappa shape index (κ1) is 17.9. The number of benzene rings is 2. The summed E-state index contributed by atoms with van der Waals surface area (Å²) in [5, 5.41) is 15.9. The van der Waals surface area contributed by atoms with E-state index in [-0.39, 0.29) is 5.57 Å². The Balaban J connectivity index is 2.05. The van der Waals surface area contributed by atoms with Crippen molar-refractivity contribution in [2.75, 3.05) is 5.32 Å². The molecule has 24 heavy (non-hydrogen) atoms. The first-order valence-electron chi connectivity index (χ1n) is 7.16. The number of hydrogen-bond acceptors (Lipinski definition) is 3. The predicted octanol–water partition coefficient (Wildman–Crippen LogP) is 4.44. The number of rotatable bonds is 5. The lowest BCUT2D eigenvalue weighted by molar-refractivity contribution is -0.112. The molecule has 0 aliphatic carbocycles. The van der Waals surface area contributed by atoms with Gasteiger partial charge in [0.2, 0.25) is 0 Å². The van der Waals surface area contributed by atoms with Gasteiger partial charge in [0.05, 0.1) is 0 Å². The zero-order valence-electron chi connectivity index (χ0n) is 12.9. The molecule has 0 aliphatic heterocycles. The van der Waals surface area contributed by atoms with Gasteiger partial charge in [0.1, 0.15) is 11.6 Å². The van der Waals surface area contributed by atoms with E-state index >= 15 is 0 Å². The number of nitrogens with zero attached hydrogens (tertiary/aromatic N) is 1. The SMILES string of the molecule is Cc1ccc(Cl)cc1NC(=O)/C(C#N)=C\NCc1ccccc1Cl. The molecule has 0 aliphatic rings. The highest BCUT2D eigenvalue weighted by molar-refractivity contribution is 6.31. The van der Waals surface area contributed by atoms with Gasteiger partial charge in [0.15, 0.2) is 0 Å². The molecule has 0 atom stereocenters. The van der Waals surface area contributed by atoms with Crippen LogP contribution in [0.2, 0.25) is 10.0 Å². The Morgan fingerprint density at radius 3 is 2.71 bits per heavy atom. The standard InChI is InChI=1S/C18H15Cl2N3O/c1-12-6-7-15(19)8-17(12)23-18(24)14(9-21)11-22-10-13-4-2-3-5-16(13)20/h2-8,11,22H,10H2,1H3,(H,23,24)/b14-11-. The lowest BCUT2D eigenvalue weighted by atomic mass is 10.2. The van der Waals surface area contributed by atoms with E-state index in [0.717, 1.165) is 11.1 Å². The summed E-state index contributed by atoms with van der Waals surface area (Å²) in [6.07, 6.45) is 1.37. The molecule has 2 N–H and O–H groups in total. The van der Waals surface area contributed by atoms with Crippen LogP contribution in [-0.4, -0.2) is 5.91 Å². The van der Waals surface area contributed by atoms with Crippen LogP contribution in [0.5, 0.6) is 0 Å². The second-order valence-electron chi connectivity index (χ2n) is 5.06. The zero-order valence-corrected chi connectivity index (χ0v) is 14.4. The minimum absolute atomic E-state index is 0.0403. The molecule has 2 aromatic carbocycles. The second kappa shape index (κ2) is 8.39. The monoisotopic (exact) mass is 359 g/mol. The number of nitriles is 1. The Bertz CT molecular complexity index is 825. The van der Waals surface area contributed by atoms with Crippen LogP contribution >= 0.6 is 23.2 Å². The number of anilines is 1. The van der Waals surface area contributed by atoms with E-state index in [0.29, 0.717) is 22.3 Å². The summed E-state index contributed by atoms with van der Waals surface area (Å²) in [5.41, 5.74) is 2.26. The van der Waals surface area contributed by atoms with Gasteiger partial charge in [-0.1, -0.05) is 47.5 Å². The van der Waals surface area contributed by atoms with Crippen molar-refractivity contribution >= 4 is 34.8 Å². The molecule has 0 saturated carbocycles. The molecule has 2 rings (SSSR count). The van der Waals surface area contributed by atoms with E-state index in [1.165, 1.54) is 6.20 Å². The fourth-order valence-electron chi connectivity index (χ4n) is 1.97.